The molecule has 6 heteroatoms. The number of carbonyl (C=O) groups is 3. The summed E-state index contributed by atoms with van der Waals surface area (Å²) in [5.41, 5.74) is 1.68. The summed E-state index contributed by atoms with van der Waals surface area (Å²) >= 11 is 0. The summed E-state index contributed by atoms with van der Waals surface area (Å²) < 4.78 is 0. The number of aryl methyl sites for hydroxylation is 1. The van der Waals surface area contributed by atoms with Gasteiger partial charge in [-0.2, -0.15) is 0 Å². The quantitative estimate of drug-likeness (QED) is 0.677. The van der Waals surface area contributed by atoms with Crippen molar-refractivity contribution in [3.05, 3.63) is 29.8 Å². The van der Waals surface area contributed by atoms with Crippen molar-refractivity contribution < 1.29 is 19.5 Å². The highest BCUT2D eigenvalue weighted by atomic mass is 16.4. The standard InChI is InChI=1S/C15H20N2O4/c1-16-13(18)10-7-11-5-8-12(9-6-11)17-14(19)3-2-4-15(20)21/h5-6,8-9H,2-4,7,10H2,1H3,(H,16,18)(H,17,19)(H,20,21). The number of carboxylic acid groups (broad SMARTS) is 1. The van der Waals surface area contributed by atoms with Gasteiger partial charge in [-0.05, 0) is 30.5 Å². The van der Waals surface area contributed by atoms with Crippen LogP contribution >= 0.6 is 0 Å². The van der Waals surface area contributed by atoms with Crippen molar-refractivity contribution in [1.29, 1.82) is 0 Å². The smallest absolute Gasteiger partial charge is 0.303 e. The molecule has 0 saturated heterocycles. The molecule has 1 rings (SSSR count). The van der Waals surface area contributed by atoms with Crippen molar-refractivity contribution in [2.24, 2.45) is 0 Å². The number of hydrogen-bond acceptors (Lipinski definition) is 3. The van der Waals surface area contributed by atoms with Crippen LogP contribution in [0.25, 0.3) is 0 Å². The number of carbonyl (C=O) groups excluding carboxylic acids is 2. The summed E-state index contributed by atoms with van der Waals surface area (Å²) in [5.74, 6) is -1.11. The molecule has 2 amide bonds. The third-order valence-electron chi connectivity index (χ3n) is 2.95. The molecular formula is C15H20N2O4. The number of benzene rings is 1. The van der Waals surface area contributed by atoms with Crippen LogP contribution in [0.5, 0.6) is 0 Å². The topological polar surface area (TPSA) is 95.5 Å². The van der Waals surface area contributed by atoms with Gasteiger partial charge < -0.3 is 15.7 Å². The number of carboxylic acids is 1. The number of hydrogen-bond donors (Lipinski definition) is 3. The molecule has 0 aliphatic rings. The van der Waals surface area contributed by atoms with Crippen LogP contribution in [0.2, 0.25) is 0 Å². The molecule has 0 atom stereocenters. The lowest BCUT2D eigenvalue weighted by Crippen LogP contribution is -2.17. The minimum Gasteiger partial charge on any atom is -0.481 e. The molecule has 6 nitrogen and oxygen atoms in total. The van der Waals surface area contributed by atoms with Crippen molar-refractivity contribution in [3.8, 4) is 0 Å². The van der Waals surface area contributed by atoms with Crippen molar-refractivity contribution in [3.63, 3.8) is 0 Å². The molecule has 0 radical (unpaired) electrons. The molecule has 0 bridgehead atoms. The summed E-state index contributed by atoms with van der Waals surface area (Å²) in [6.45, 7) is 0. The molecule has 0 fully saturated rings. The number of nitrogens with one attached hydrogen (secondary N) is 2. The molecule has 0 spiro atoms. The Kier molecular flexibility index (Phi) is 6.94. The van der Waals surface area contributed by atoms with Crippen LogP contribution in [0.3, 0.4) is 0 Å². The van der Waals surface area contributed by atoms with Gasteiger partial charge in [0.1, 0.15) is 0 Å². The first kappa shape index (κ1) is 16.7. The van der Waals surface area contributed by atoms with Crippen molar-refractivity contribution in [1.82, 2.24) is 5.32 Å². The van der Waals surface area contributed by atoms with Crippen LogP contribution in [0, 0.1) is 0 Å². The number of rotatable bonds is 8. The summed E-state index contributed by atoms with van der Waals surface area (Å²) in [5, 5.41) is 13.8. The zero-order valence-electron chi connectivity index (χ0n) is 12.0. The second kappa shape index (κ2) is 8.73. The van der Waals surface area contributed by atoms with E-state index in [0.717, 1.165) is 5.56 Å². The highest BCUT2D eigenvalue weighted by Crippen LogP contribution is 2.12. The van der Waals surface area contributed by atoms with Crippen molar-refractivity contribution >= 4 is 23.5 Å². The van der Waals surface area contributed by atoms with Gasteiger partial charge in [0.05, 0.1) is 0 Å². The Morgan fingerprint density at radius 1 is 1.00 bits per heavy atom. The molecular weight excluding hydrogens is 272 g/mol. The summed E-state index contributed by atoms with van der Waals surface area (Å²) in [6, 6.07) is 7.26. The van der Waals surface area contributed by atoms with E-state index in [1.807, 2.05) is 12.1 Å². The van der Waals surface area contributed by atoms with Gasteiger partial charge in [-0.15, -0.1) is 0 Å². The summed E-state index contributed by atoms with van der Waals surface area (Å²) in [4.78, 5) is 33.1. The van der Waals surface area contributed by atoms with Gasteiger partial charge in [-0.3, -0.25) is 14.4 Å². The molecule has 0 aliphatic heterocycles. The van der Waals surface area contributed by atoms with E-state index in [-0.39, 0.29) is 24.7 Å². The second-order valence-corrected chi connectivity index (χ2v) is 4.67. The van der Waals surface area contributed by atoms with Gasteiger partial charge in [0.25, 0.3) is 0 Å². The summed E-state index contributed by atoms with van der Waals surface area (Å²) in [6.07, 6.45) is 1.58. The molecule has 21 heavy (non-hydrogen) atoms. The van der Waals surface area contributed by atoms with Gasteiger partial charge in [-0.25, -0.2) is 0 Å². The highest BCUT2D eigenvalue weighted by molar-refractivity contribution is 5.90. The SMILES string of the molecule is CNC(=O)CCc1ccc(NC(=O)CCCC(=O)O)cc1. The Balaban J connectivity index is 2.38. The average Bonchev–Trinajstić information content (AvgIpc) is 2.45. The van der Waals surface area contributed by atoms with E-state index in [1.54, 1.807) is 19.2 Å². The normalized spacial score (nSPS) is 9.95. The Morgan fingerprint density at radius 3 is 2.24 bits per heavy atom. The minimum absolute atomic E-state index is 0.00808. The van der Waals surface area contributed by atoms with Gasteiger partial charge in [-0.1, -0.05) is 12.1 Å². The lowest BCUT2D eigenvalue weighted by molar-refractivity contribution is -0.137. The van der Waals surface area contributed by atoms with Crippen LogP contribution in [-0.2, 0) is 20.8 Å². The third-order valence-corrected chi connectivity index (χ3v) is 2.95. The maximum absolute atomic E-state index is 11.6. The number of aliphatic carboxylic acids is 1. The summed E-state index contributed by atoms with van der Waals surface area (Å²) in [7, 11) is 1.60. The molecule has 0 aliphatic carbocycles. The van der Waals surface area contributed by atoms with Gasteiger partial charge >= 0.3 is 5.97 Å². The van der Waals surface area contributed by atoms with Crippen LogP contribution in [0.4, 0.5) is 5.69 Å². The van der Waals surface area contributed by atoms with Gasteiger partial charge in [0.15, 0.2) is 0 Å². The molecule has 0 heterocycles. The first-order chi connectivity index (χ1) is 10.0. The largest absolute Gasteiger partial charge is 0.481 e. The first-order valence-electron chi connectivity index (χ1n) is 6.82. The average molecular weight is 292 g/mol. The first-order valence-corrected chi connectivity index (χ1v) is 6.82. The van der Waals surface area contributed by atoms with Crippen LogP contribution in [-0.4, -0.2) is 29.9 Å². The molecule has 0 unspecified atom stereocenters. The monoisotopic (exact) mass is 292 g/mol. The van der Waals surface area contributed by atoms with E-state index < -0.39 is 5.97 Å². The second-order valence-electron chi connectivity index (χ2n) is 4.67. The minimum atomic E-state index is -0.900. The highest BCUT2D eigenvalue weighted by Gasteiger charge is 2.05. The molecule has 1 aromatic carbocycles. The van der Waals surface area contributed by atoms with Gasteiger partial charge in [0, 0.05) is 32.0 Å². The van der Waals surface area contributed by atoms with Crippen LogP contribution < -0.4 is 10.6 Å². The Morgan fingerprint density at radius 2 is 1.67 bits per heavy atom. The molecule has 0 aromatic heterocycles. The van der Waals surface area contributed by atoms with E-state index in [0.29, 0.717) is 24.9 Å². The fourth-order valence-corrected chi connectivity index (χ4v) is 1.76. The maximum Gasteiger partial charge on any atom is 0.303 e. The Labute approximate surface area is 123 Å². The molecule has 0 saturated carbocycles. The number of anilines is 1. The zero-order valence-corrected chi connectivity index (χ0v) is 12.0. The molecule has 1 aromatic rings. The van der Waals surface area contributed by atoms with Crippen LogP contribution in [0.1, 0.15) is 31.2 Å². The maximum atomic E-state index is 11.6. The fraction of sp³-hybridized carbons (Fsp3) is 0.400. The Bertz CT molecular complexity index is 497. The predicted molar refractivity (Wildman–Crippen MR) is 78.9 cm³/mol. The van der Waals surface area contributed by atoms with Crippen molar-refractivity contribution in [2.75, 3.05) is 12.4 Å². The van der Waals surface area contributed by atoms with E-state index in [1.165, 1.54) is 0 Å². The van der Waals surface area contributed by atoms with Crippen LogP contribution in [0.15, 0.2) is 24.3 Å². The molecule has 3 N–H and O–H groups in total. The lowest BCUT2D eigenvalue weighted by Gasteiger charge is -2.06. The van der Waals surface area contributed by atoms with E-state index in [9.17, 15) is 14.4 Å². The number of amides is 2. The van der Waals surface area contributed by atoms with Gasteiger partial charge in [0.2, 0.25) is 11.8 Å². The molecule has 114 valence electrons. The zero-order chi connectivity index (χ0) is 15.7. The van der Waals surface area contributed by atoms with E-state index in [2.05, 4.69) is 10.6 Å². The third kappa shape index (κ3) is 7.10. The Hall–Kier alpha value is -2.37. The predicted octanol–water partition coefficient (Wildman–Crippen LogP) is 1.56. The van der Waals surface area contributed by atoms with E-state index in [4.69, 9.17) is 5.11 Å². The van der Waals surface area contributed by atoms with E-state index >= 15 is 0 Å². The lowest BCUT2D eigenvalue weighted by atomic mass is 10.1. The van der Waals surface area contributed by atoms with Crippen molar-refractivity contribution in [2.45, 2.75) is 32.1 Å². The fourth-order valence-electron chi connectivity index (χ4n) is 1.76.